The molecule has 20 heavy (non-hydrogen) atoms. The van der Waals surface area contributed by atoms with Crippen LogP contribution in [0.2, 0.25) is 0 Å². The van der Waals surface area contributed by atoms with Crippen molar-refractivity contribution in [3.05, 3.63) is 57.8 Å². The highest BCUT2D eigenvalue weighted by molar-refractivity contribution is 7.11. The van der Waals surface area contributed by atoms with E-state index in [4.69, 9.17) is 5.84 Å². The third-order valence-corrected chi connectivity index (χ3v) is 5.11. The quantitative estimate of drug-likeness (QED) is 0.599. The van der Waals surface area contributed by atoms with Crippen molar-refractivity contribution in [2.24, 2.45) is 5.84 Å². The Morgan fingerprint density at radius 2 is 1.75 bits per heavy atom. The van der Waals surface area contributed by atoms with Crippen molar-refractivity contribution < 1.29 is 0 Å². The van der Waals surface area contributed by atoms with Gasteiger partial charge in [0.2, 0.25) is 0 Å². The molecule has 0 spiro atoms. The molecule has 1 heterocycles. The van der Waals surface area contributed by atoms with Crippen LogP contribution in [0.4, 0.5) is 0 Å². The Labute approximate surface area is 126 Å². The molecule has 2 rings (SSSR count). The fourth-order valence-corrected chi connectivity index (χ4v) is 3.73. The number of rotatable bonds is 7. The molecule has 0 radical (unpaired) electrons. The monoisotopic (exact) mass is 288 g/mol. The average molecular weight is 288 g/mol. The first kappa shape index (κ1) is 15.2. The van der Waals surface area contributed by atoms with Crippen molar-refractivity contribution in [2.45, 2.75) is 45.1 Å². The van der Waals surface area contributed by atoms with E-state index in [1.165, 1.54) is 15.3 Å². The third kappa shape index (κ3) is 3.69. The van der Waals surface area contributed by atoms with Crippen LogP contribution in [-0.4, -0.2) is 6.04 Å². The topological polar surface area (TPSA) is 38.0 Å². The van der Waals surface area contributed by atoms with Gasteiger partial charge in [-0.15, -0.1) is 11.3 Å². The molecule has 3 heteroatoms. The first-order valence-corrected chi connectivity index (χ1v) is 8.18. The van der Waals surface area contributed by atoms with Gasteiger partial charge in [-0.25, -0.2) is 0 Å². The zero-order valence-corrected chi connectivity index (χ0v) is 13.1. The maximum absolute atomic E-state index is 5.83. The molecule has 0 aliphatic carbocycles. The van der Waals surface area contributed by atoms with E-state index in [0.717, 1.165) is 19.3 Å². The molecule has 0 aliphatic rings. The molecule has 1 aromatic heterocycles. The summed E-state index contributed by atoms with van der Waals surface area (Å²) >= 11 is 1.90. The van der Waals surface area contributed by atoms with Crippen LogP contribution < -0.4 is 11.3 Å². The van der Waals surface area contributed by atoms with Gasteiger partial charge in [-0.3, -0.25) is 11.3 Å². The second-order valence-electron chi connectivity index (χ2n) is 5.12. The number of hydrazine groups is 1. The molecular formula is C17H24N2S. The van der Waals surface area contributed by atoms with E-state index in [-0.39, 0.29) is 6.04 Å². The molecule has 0 aliphatic heterocycles. The molecule has 0 amide bonds. The lowest BCUT2D eigenvalue weighted by Crippen LogP contribution is -2.41. The van der Waals surface area contributed by atoms with Crippen LogP contribution in [0.25, 0.3) is 0 Å². The Kier molecular flexibility index (Phi) is 5.77. The van der Waals surface area contributed by atoms with E-state index in [1.54, 1.807) is 0 Å². The molecule has 2 nitrogen and oxygen atoms in total. The highest BCUT2D eigenvalue weighted by Crippen LogP contribution is 2.27. The first-order valence-electron chi connectivity index (χ1n) is 7.37. The molecule has 1 aromatic carbocycles. The van der Waals surface area contributed by atoms with E-state index in [0.29, 0.717) is 5.92 Å². The number of benzene rings is 1. The highest BCUT2D eigenvalue weighted by atomic mass is 32.1. The summed E-state index contributed by atoms with van der Waals surface area (Å²) in [7, 11) is 0. The summed E-state index contributed by atoms with van der Waals surface area (Å²) in [6.07, 6.45) is 3.20. The normalized spacial score (nSPS) is 14.2. The lowest BCUT2D eigenvalue weighted by Gasteiger charge is -2.25. The summed E-state index contributed by atoms with van der Waals surface area (Å²) < 4.78 is 0. The number of nitrogens with one attached hydrogen (secondary N) is 1. The molecule has 108 valence electrons. The Morgan fingerprint density at radius 1 is 1.05 bits per heavy atom. The number of hydrogen-bond donors (Lipinski definition) is 2. The van der Waals surface area contributed by atoms with Gasteiger partial charge in [0, 0.05) is 21.7 Å². The minimum atomic E-state index is 0.283. The molecule has 0 fully saturated rings. The summed E-state index contributed by atoms with van der Waals surface area (Å²) in [5, 5.41) is 0. The van der Waals surface area contributed by atoms with Gasteiger partial charge >= 0.3 is 0 Å². The van der Waals surface area contributed by atoms with Crippen LogP contribution in [0.1, 0.15) is 41.5 Å². The van der Waals surface area contributed by atoms with Crippen molar-refractivity contribution in [1.29, 1.82) is 0 Å². The Bertz CT molecular complexity index is 507. The maximum atomic E-state index is 5.83. The van der Waals surface area contributed by atoms with E-state index in [2.05, 4.69) is 61.7 Å². The van der Waals surface area contributed by atoms with Crippen LogP contribution in [0, 0.1) is 0 Å². The lowest BCUT2D eigenvalue weighted by atomic mass is 9.87. The summed E-state index contributed by atoms with van der Waals surface area (Å²) in [5.74, 6) is 6.28. The average Bonchev–Trinajstić information content (AvgIpc) is 2.96. The molecule has 0 saturated carbocycles. The standard InChI is InChI=1S/C17H24N2S/c1-3-14-10-11-15(20-14)12-17(19-18)16(4-2)13-8-6-5-7-9-13/h5-11,16-17,19H,3-4,12,18H2,1-2H3. The number of aryl methyl sites for hydroxylation is 1. The molecule has 3 N–H and O–H groups in total. The number of hydrogen-bond acceptors (Lipinski definition) is 3. The minimum absolute atomic E-state index is 0.283. The van der Waals surface area contributed by atoms with Crippen molar-refractivity contribution in [3.8, 4) is 0 Å². The summed E-state index contributed by atoms with van der Waals surface area (Å²) in [4.78, 5) is 2.86. The zero-order chi connectivity index (χ0) is 14.4. The van der Waals surface area contributed by atoms with E-state index in [1.807, 2.05) is 11.3 Å². The maximum Gasteiger partial charge on any atom is 0.0327 e. The van der Waals surface area contributed by atoms with Crippen molar-refractivity contribution in [2.75, 3.05) is 0 Å². The Balaban J connectivity index is 2.13. The fourth-order valence-electron chi connectivity index (χ4n) is 2.71. The SMILES string of the molecule is CCc1ccc(CC(NN)C(CC)c2ccccc2)s1. The predicted molar refractivity (Wildman–Crippen MR) is 88.0 cm³/mol. The molecule has 0 bridgehead atoms. The fraction of sp³-hybridized carbons (Fsp3) is 0.412. The molecule has 2 unspecified atom stereocenters. The van der Waals surface area contributed by atoms with E-state index < -0.39 is 0 Å². The number of nitrogens with two attached hydrogens (primary N) is 1. The zero-order valence-electron chi connectivity index (χ0n) is 12.3. The van der Waals surface area contributed by atoms with Crippen molar-refractivity contribution in [3.63, 3.8) is 0 Å². The van der Waals surface area contributed by atoms with Crippen molar-refractivity contribution in [1.82, 2.24) is 5.43 Å². The van der Waals surface area contributed by atoms with Crippen LogP contribution >= 0.6 is 11.3 Å². The van der Waals surface area contributed by atoms with Gasteiger partial charge in [0.05, 0.1) is 0 Å². The smallest absolute Gasteiger partial charge is 0.0327 e. The molecule has 2 aromatic rings. The largest absolute Gasteiger partial charge is 0.271 e. The summed E-state index contributed by atoms with van der Waals surface area (Å²) in [5.41, 5.74) is 4.40. The predicted octanol–water partition coefficient (Wildman–Crippen LogP) is 3.88. The van der Waals surface area contributed by atoms with Crippen LogP contribution in [0.5, 0.6) is 0 Å². The minimum Gasteiger partial charge on any atom is -0.271 e. The van der Waals surface area contributed by atoms with E-state index >= 15 is 0 Å². The Hall–Kier alpha value is -1.16. The van der Waals surface area contributed by atoms with Gasteiger partial charge in [-0.2, -0.15) is 0 Å². The lowest BCUT2D eigenvalue weighted by molar-refractivity contribution is 0.429. The third-order valence-electron chi connectivity index (χ3n) is 3.85. The highest BCUT2D eigenvalue weighted by Gasteiger charge is 2.21. The van der Waals surface area contributed by atoms with Crippen LogP contribution in [0.3, 0.4) is 0 Å². The molecular weight excluding hydrogens is 264 g/mol. The van der Waals surface area contributed by atoms with Gasteiger partial charge in [0.25, 0.3) is 0 Å². The van der Waals surface area contributed by atoms with E-state index in [9.17, 15) is 0 Å². The molecule has 0 saturated heterocycles. The van der Waals surface area contributed by atoms with Crippen LogP contribution in [-0.2, 0) is 12.8 Å². The second kappa shape index (κ2) is 7.58. The van der Waals surface area contributed by atoms with Gasteiger partial charge in [-0.05, 0) is 37.0 Å². The van der Waals surface area contributed by atoms with Crippen molar-refractivity contribution >= 4 is 11.3 Å². The van der Waals surface area contributed by atoms with Gasteiger partial charge in [0.1, 0.15) is 0 Å². The Morgan fingerprint density at radius 3 is 2.30 bits per heavy atom. The van der Waals surface area contributed by atoms with Gasteiger partial charge < -0.3 is 0 Å². The summed E-state index contributed by atoms with van der Waals surface area (Å²) in [6, 6.07) is 15.4. The summed E-state index contributed by atoms with van der Waals surface area (Å²) in [6.45, 7) is 4.43. The van der Waals surface area contributed by atoms with Gasteiger partial charge in [0.15, 0.2) is 0 Å². The molecule has 2 atom stereocenters. The number of thiophene rings is 1. The van der Waals surface area contributed by atoms with Crippen LogP contribution in [0.15, 0.2) is 42.5 Å². The first-order chi connectivity index (χ1) is 9.78. The second-order valence-corrected chi connectivity index (χ2v) is 6.38. The van der Waals surface area contributed by atoms with Gasteiger partial charge in [-0.1, -0.05) is 44.2 Å².